The second-order valence-electron chi connectivity index (χ2n) is 6.97. The summed E-state index contributed by atoms with van der Waals surface area (Å²) in [4.78, 5) is 23.3. The summed E-state index contributed by atoms with van der Waals surface area (Å²) in [7, 11) is -4.15. The van der Waals surface area contributed by atoms with E-state index < -0.39 is 27.4 Å². The number of rotatable bonds is 7. The molecule has 0 aliphatic carbocycles. The van der Waals surface area contributed by atoms with Crippen molar-refractivity contribution in [2.45, 2.75) is 18.7 Å². The van der Waals surface area contributed by atoms with Crippen molar-refractivity contribution in [2.75, 3.05) is 16.2 Å². The lowest BCUT2D eigenvalue weighted by atomic mass is 10.1. The number of hydrogen-bond donors (Lipinski definition) is 1. The average Bonchev–Trinajstić information content (AvgIpc) is 2.74. The molecule has 31 heavy (non-hydrogen) atoms. The van der Waals surface area contributed by atoms with Crippen molar-refractivity contribution < 1.29 is 18.1 Å². The number of anilines is 2. The number of nitro groups is 1. The number of benzene rings is 3. The molecule has 3 aromatic carbocycles. The van der Waals surface area contributed by atoms with E-state index >= 15 is 0 Å². The second-order valence-corrected chi connectivity index (χ2v) is 8.83. The van der Waals surface area contributed by atoms with Gasteiger partial charge < -0.3 is 5.32 Å². The fourth-order valence-corrected chi connectivity index (χ4v) is 4.50. The van der Waals surface area contributed by atoms with E-state index in [-0.39, 0.29) is 16.3 Å². The van der Waals surface area contributed by atoms with Crippen molar-refractivity contribution in [3.63, 3.8) is 0 Å². The van der Waals surface area contributed by atoms with E-state index in [0.29, 0.717) is 5.69 Å². The van der Waals surface area contributed by atoms with E-state index in [1.807, 2.05) is 26.0 Å². The number of nitro benzene ring substituents is 1. The summed E-state index contributed by atoms with van der Waals surface area (Å²) in [5.41, 5.74) is 2.17. The molecule has 3 rings (SSSR count). The molecule has 0 aliphatic heterocycles. The summed E-state index contributed by atoms with van der Waals surface area (Å²) < 4.78 is 27.4. The molecule has 0 aliphatic rings. The van der Waals surface area contributed by atoms with Gasteiger partial charge in [-0.05, 0) is 43.7 Å². The predicted octanol–water partition coefficient (Wildman–Crippen LogP) is 4.05. The van der Waals surface area contributed by atoms with Crippen LogP contribution in [0.3, 0.4) is 0 Å². The van der Waals surface area contributed by atoms with Crippen molar-refractivity contribution in [3.8, 4) is 0 Å². The van der Waals surface area contributed by atoms with E-state index in [2.05, 4.69) is 5.32 Å². The maximum Gasteiger partial charge on any atom is 0.271 e. The molecular weight excluding hydrogens is 418 g/mol. The molecule has 9 heteroatoms. The molecule has 160 valence electrons. The molecule has 0 heterocycles. The molecule has 0 bridgehead atoms. The van der Waals surface area contributed by atoms with Gasteiger partial charge in [-0.15, -0.1) is 0 Å². The van der Waals surface area contributed by atoms with E-state index in [1.54, 1.807) is 24.3 Å². The van der Waals surface area contributed by atoms with Gasteiger partial charge in [0.1, 0.15) is 6.54 Å². The van der Waals surface area contributed by atoms with Gasteiger partial charge in [0, 0.05) is 17.8 Å². The lowest BCUT2D eigenvalue weighted by Gasteiger charge is -2.24. The minimum absolute atomic E-state index is 0.0221. The highest BCUT2D eigenvalue weighted by atomic mass is 32.2. The van der Waals surface area contributed by atoms with Gasteiger partial charge in [0.2, 0.25) is 5.91 Å². The Bertz CT molecular complexity index is 1230. The van der Waals surface area contributed by atoms with Gasteiger partial charge in [0.05, 0.1) is 15.5 Å². The molecule has 0 unspecified atom stereocenters. The van der Waals surface area contributed by atoms with Crippen LogP contribution in [0.15, 0.2) is 77.7 Å². The molecule has 0 atom stereocenters. The first-order valence-corrected chi connectivity index (χ1v) is 10.8. The normalized spacial score (nSPS) is 11.0. The van der Waals surface area contributed by atoms with Gasteiger partial charge in [-0.2, -0.15) is 0 Å². The van der Waals surface area contributed by atoms with Crippen molar-refractivity contribution in [2.24, 2.45) is 0 Å². The number of carbonyl (C=O) groups excluding carboxylic acids is 1. The average molecular weight is 439 g/mol. The third-order valence-corrected chi connectivity index (χ3v) is 6.39. The third kappa shape index (κ3) is 5.07. The lowest BCUT2D eigenvalue weighted by Crippen LogP contribution is -2.38. The largest absolute Gasteiger partial charge is 0.324 e. The molecule has 0 radical (unpaired) electrons. The fourth-order valence-electron chi connectivity index (χ4n) is 3.07. The third-order valence-electron chi connectivity index (χ3n) is 4.60. The topological polar surface area (TPSA) is 110 Å². The van der Waals surface area contributed by atoms with Crippen LogP contribution in [0.1, 0.15) is 11.1 Å². The number of sulfonamides is 1. The molecule has 1 N–H and O–H groups in total. The number of hydrogen-bond acceptors (Lipinski definition) is 5. The Hall–Kier alpha value is -3.72. The standard InChI is InChI=1S/C22H21N3O5S/c1-16-11-12-21(17(2)13-16)23-22(26)15-24(18-7-6-8-19(14-18)25(27)28)31(29,30)20-9-4-3-5-10-20/h3-14H,15H2,1-2H3,(H,23,26). The van der Waals surface area contributed by atoms with Gasteiger partial charge in [0.15, 0.2) is 0 Å². The predicted molar refractivity (Wildman–Crippen MR) is 119 cm³/mol. The SMILES string of the molecule is Cc1ccc(NC(=O)CN(c2cccc([N+](=O)[O-])c2)S(=O)(=O)c2ccccc2)c(C)c1. The van der Waals surface area contributed by atoms with Crippen LogP contribution in [0.4, 0.5) is 17.1 Å². The maximum absolute atomic E-state index is 13.3. The van der Waals surface area contributed by atoms with E-state index in [0.717, 1.165) is 21.5 Å². The van der Waals surface area contributed by atoms with Crippen LogP contribution in [-0.2, 0) is 14.8 Å². The second kappa shape index (κ2) is 8.97. The lowest BCUT2D eigenvalue weighted by molar-refractivity contribution is -0.384. The molecule has 3 aromatic rings. The number of amides is 1. The molecule has 0 saturated carbocycles. The minimum atomic E-state index is -4.15. The molecule has 8 nitrogen and oxygen atoms in total. The van der Waals surface area contributed by atoms with Gasteiger partial charge in [-0.25, -0.2) is 8.42 Å². The zero-order valence-electron chi connectivity index (χ0n) is 17.0. The van der Waals surface area contributed by atoms with Crippen LogP contribution in [0.25, 0.3) is 0 Å². The van der Waals surface area contributed by atoms with Crippen molar-refractivity contribution >= 4 is 33.0 Å². The highest BCUT2D eigenvalue weighted by Crippen LogP contribution is 2.27. The quantitative estimate of drug-likeness (QED) is 0.441. The summed E-state index contributed by atoms with van der Waals surface area (Å²) >= 11 is 0. The number of non-ortho nitro benzene ring substituents is 1. The van der Waals surface area contributed by atoms with E-state index in [4.69, 9.17) is 0 Å². The Labute approximate surface area is 180 Å². The van der Waals surface area contributed by atoms with Crippen molar-refractivity contribution in [1.29, 1.82) is 0 Å². The summed E-state index contributed by atoms with van der Waals surface area (Å²) in [5, 5.41) is 13.9. The van der Waals surface area contributed by atoms with Crippen LogP contribution in [0.5, 0.6) is 0 Å². The first kappa shape index (κ1) is 22.0. The number of nitrogens with one attached hydrogen (secondary N) is 1. The smallest absolute Gasteiger partial charge is 0.271 e. The van der Waals surface area contributed by atoms with Crippen LogP contribution in [-0.4, -0.2) is 25.8 Å². The summed E-state index contributed by atoms with van der Waals surface area (Å²) in [6, 6.07) is 18.3. The maximum atomic E-state index is 13.3. The zero-order chi connectivity index (χ0) is 22.6. The van der Waals surface area contributed by atoms with E-state index in [1.165, 1.54) is 30.3 Å². The highest BCUT2D eigenvalue weighted by molar-refractivity contribution is 7.92. The van der Waals surface area contributed by atoms with Crippen molar-refractivity contribution in [3.05, 3.63) is 94.0 Å². The highest BCUT2D eigenvalue weighted by Gasteiger charge is 2.28. The van der Waals surface area contributed by atoms with Crippen LogP contribution >= 0.6 is 0 Å². The minimum Gasteiger partial charge on any atom is -0.324 e. The number of nitrogens with zero attached hydrogens (tertiary/aromatic N) is 2. The van der Waals surface area contributed by atoms with Crippen molar-refractivity contribution in [1.82, 2.24) is 0 Å². The molecule has 1 amide bonds. The van der Waals surface area contributed by atoms with Gasteiger partial charge in [-0.3, -0.25) is 19.2 Å². The molecule has 0 aromatic heterocycles. The monoisotopic (exact) mass is 439 g/mol. The van der Waals surface area contributed by atoms with Gasteiger partial charge >= 0.3 is 0 Å². The Morgan fingerprint density at radius 3 is 2.35 bits per heavy atom. The summed E-state index contributed by atoms with van der Waals surface area (Å²) in [6.07, 6.45) is 0. The van der Waals surface area contributed by atoms with Crippen LogP contribution in [0.2, 0.25) is 0 Å². The molecule has 0 fully saturated rings. The van der Waals surface area contributed by atoms with E-state index in [9.17, 15) is 23.3 Å². The first-order chi connectivity index (χ1) is 14.7. The molecule has 0 saturated heterocycles. The number of aryl methyl sites for hydroxylation is 2. The fraction of sp³-hybridized carbons (Fsp3) is 0.136. The van der Waals surface area contributed by atoms with Gasteiger partial charge in [-0.1, -0.05) is 42.0 Å². The summed E-state index contributed by atoms with van der Waals surface area (Å²) in [6.45, 7) is 3.21. The molecular formula is C22H21N3O5S. The number of carbonyl (C=O) groups is 1. The first-order valence-electron chi connectivity index (χ1n) is 9.38. The van der Waals surface area contributed by atoms with Crippen LogP contribution < -0.4 is 9.62 Å². The Morgan fingerprint density at radius 1 is 1.00 bits per heavy atom. The van der Waals surface area contributed by atoms with Crippen LogP contribution in [0, 0.1) is 24.0 Å². The van der Waals surface area contributed by atoms with Gasteiger partial charge in [0.25, 0.3) is 15.7 Å². The Kier molecular flexibility index (Phi) is 6.36. The molecule has 0 spiro atoms. The summed E-state index contributed by atoms with van der Waals surface area (Å²) in [5.74, 6) is -0.571. The Balaban J connectivity index is 1.99. The Morgan fingerprint density at radius 2 is 1.71 bits per heavy atom. The zero-order valence-corrected chi connectivity index (χ0v) is 17.8.